The minimum atomic E-state index is -2.02. The molecule has 2 saturated heterocycles. The zero-order valence-corrected chi connectivity index (χ0v) is 25.6. The predicted molar refractivity (Wildman–Crippen MR) is 157 cm³/mol. The van der Waals surface area contributed by atoms with E-state index in [1.165, 1.54) is 30.3 Å². The first-order chi connectivity index (χ1) is 17.9. The number of imide groups is 1. The highest BCUT2D eigenvalue weighted by molar-refractivity contribution is 9.13. The number of carbonyl (C=O) groups is 2. The van der Waals surface area contributed by atoms with Gasteiger partial charge in [-0.25, -0.2) is 14.1 Å². The molecule has 6 nitrogen and oxygen atoms in total. The van der Waals surface area contributed by atoms with Crippen molar-refractivity contribution in [2.24, 2.45) is 0 Å². The summed E-state index contributed by atoms with van der Waals surface area (Å²) in [6, 6.07) is 18.2. The smallest absolute Gasteiger partial charge is 0.363 e. The summed E-state index contributed by atoms with van der Waals surface area (Å²) in [5.74, 6) is -1.19. The van der Waals surface area contributed by atoms with E-state index in [2.05, 4.69) is 37.2 Å². The highest BCUT2D eigenvalue weighted by Gasteiger charge is 2.86. The first-order valence-electron chi connectivity index (χ1n) is 11.2. The highest BCUT2D eigenvalue weighted by Crippen LogP contribution is 2.55. The molecule has 0 radical (unpaired) electrons. The number of fused-ring (bicyclic) bond motifs is 1. The number of amides is 3. The van der Waals surface area contributed by atoms with E-state index >= 15 is 4.39 Å². The van der Waals surface area contributed by atoms with Crippen LogP contribution in [-0.4, -0.2) is 50.4 Å². The van der Waals surface area contributed by atoms with Crippen LogP contribution in [0.15, 0.2) is 75.7 Å². The Morgan fingerprint density at radius 2 is 1.63 bits per heavy atom. The maximum atomic E-state index is 15.2. The largest absolute Gasteiger partial charge is 0.452 e. The number of benzene rings is 3. The van der Waals surface area contributed by atoms with Gasteiger partial charge in [0.2, 0.25) is 3.79 Å². The molecule has 0 bridgehead atoms. The Morgan fingerprint density at radius 3 is 2.26 bits per heavy atom. The van der Waals surface area contributed by atoms with Crippen molar-refractivity contribution in [3.05, 3.63) is 81.5 Å². The second kappa shape index (κ2) is 10.2. The van der Waals surface area contributed by atoms with Gasteiger partial charge >= 0.3 is 18.1 Å². The van der Waals surface area contributed by atoms with Crippen molar-refractivity contribution in [2.75, 3.05) is 12.4 Å². The van der Waals surface area contributed by atoms with Gasteiger partial charge in [-0.2, -0.15) is 0 Å². The molecule has 2 heterocycles. The number of likely N-dealkylation sites (N-methyl/N-ethyl adjacent to an activating group) is 1. The molecule has 2 aliphatic heterocycles. The number of carbonyl (C=O) groups excluding carboxylic acids is 2. The molecule has 13 heteroatoms. The van der Waals surface area contributed by atoms with Crippen molar-refractivity contribution >= 4 is 102 Å². The van der Waals surface area contributed by atoms with Crippen LogP contribution in [0.1, 0.15) is 0 Å². The van der Waals surface area contributed by atoms with Crippen molar-refractivity contribution in [3.8, 4) is 11.1 Å². The quantitative estimate of drug-likeness (QED) is 0.122. The maximum absolute atomic E-state index is 15.2. The van der Waals surface area contributed by atoms with E-state index in [4.69, 9.17) is 46.4 Å². The Hall–Kier alpha value is -1.43. The van der Waals surface area contributed by atoms with E-state index in [-0.39, 0.29) is 5.69 Å². The number of alkyl halides is 4. The van der Waals surface area contributed by atoms with Gasteiger partial charge in [-0.05, 0) is 60.6 Å². The van der Waals surface area contributed by atoms with Gasteiger partial charge in [0.25, 0.3) is 0 Å². The van der Waals surface area contributed by atoms with E-state index in [1.54, 1.807) is 12.1 Å². The van der Waals surface area contributed by atoms with Crippen molar-refractivity contribution in [1.82, 2.24) is 14.5 Å². The predicted octanol–water partition coefficient (Wildman–Crippen LogP) is 7.89. The lowest BCUT2D eigenvalue weighted by Crippen LogP contribution is -2.54. The van der Waals surface area contributed by atoms with Gasteiger partial charge in [0.05, 0.1) is 0 Å². The summed E-state index contributed by atoms with van der Waals surface area (Å²) < 4.78 is 13.9. The van der Waals surface area contributed by atoms with Crippen LogP contribution >= 0.6 is 78.3 Å². The van der Waals surface area contributed by atoms with E-state index in [0.717, 1.165) is 25.0 Å². The van der Waals surface area contributed by atoms with Crippen LogP contribution in [0.25, 0.3) is 11.1 Å². The average molecular weight is 727 g/mol. The number of urea groups is 1. The standard InChI is InChI=1S/C25H18Br2Cl4FN4O2/c1-34-23(37)22-35(36(22,24(34)38)17-10-6-5-9-15(17)32)21(20(28)25(29,30)31)33-16-12-11-14(26)19(27)18(16)13-7-3-2-4-8-13/h2-12,20-22,33H,1H3/q+1. The normalized spacial score (nSPS) is 24.3. The summed E-state index contributed by atoms with van der Waals surface area (Å²) >= 11 is 32.7. The molecule has 0 aliphatic carbocycles. The molecular weight excluding hydrogens is 709 g/mol. The number of hydrogen-bond donors (Lipinski definition) is 1. The SMILES string of the molecule is CN1C(=O)C2N(C(Nc3ccc(Br)c(Br)c3-c3ccccc3)C(Cl)C(Cl)(Cl)Cl)[N+]2(c2ccccc2F)C1=O. The molecule has 5 atom stereocenters. The monoisotopic (exact) mass is 723 g/mol. The van der Waals surface area contributed by atoms with Crippen molar-refractivity contribution < 1.29 is 14.0 Å². The van der Waals surface area contributed by atoms with Crippen LogP contribution in [0.4, 0.5) is 20.6 Å². The maximum Gasteiger partial charge on any atom is 0.452 e. The fourth-order valence-electron chi connectivity index (χ4n) is 4.85. The van der Waals surface area contributed by atoms with E-state index in [9.17, 15) is 9.59 Å². The summed E-state index contributed by atoms with van der Waals surface area (Å²) in [6.45, 7) is 0. The Morgan fingerprint density at radius 1 is 1.00 bits per heavy atom. The molecule has 2 aliphatic rings. The molecule has 0 spiro atoms. The minimum absolute atomic E-state index is 0.0135. The fraction of sp³-hybridized carbons (Fsp3) is 0.200. The summed E-state index contributed by atoms with van der Waals surface area (Å²) in [7, 11) is 1.35. The Labute approximate surface area is 255 Å². The van der Waals surface area contributed by atoms with Gasteiger partial charge in [-0.1, -0.05) is 81.9 Å². The third-order valence-electron chi connectivity index (χ3n) is 6.60. The zero-order chi connectivity index (χ0) is 27.6. The summed E-state index contributed by atoms with van der Waals surface area (Å²) in [4.78, 5) is 27.7. The van der Waals surface area contributed by atoms with E-state index in [0.29, 0.717) is 5.69 Å². The van der Waals surface area contributed by atoms with Crippen LogP contribution in [-0.2, 0) is 4.79 Å². The number of quaternary nitrogens is 1. The number of nitrogens with one attached hydrogen (secondary N) is 1. The molecule has 0 saturated carbocycles. The molecule has 5 rings (SSSR count). The van der Waals surface area contributed by atoms with Gasteiger partial charge in [-0.3, -0.25) is 4.79 Å². The zero-order valence-electron chi connectivity index (χ0n) is 19.4. The third kappa shape index (κ3) is 4.36. The lowest BCUT2D eigenvalue weighted by molar-refractivity contribution is -0.126. The number of rotatable bonds is 6. The molecule has 5 unspecified atom stereocenters. The molecule has 3 aromatic carbocycles. The first kappa shape index (κ1) is 28.1. The van der Waals surface area contributed by atoms with Gasteiger partial charge in [-0.15, -0.1) is 11.6 Å². The minimum Gasteiger partial charge on any atom is -0.363 e. The van der Waals surface area contributed by atoms with Crippen LogP contribution < -0.4 is 9.91 Å². The second-order valence-electron chi connectivity index (χ2n) is 8.75. The number of para-hydroxylation sites is 1. The summed E-state index contributed by atoms with van der Waals surface area (Å²) in [5, 5.41) is 3.47. The Bertz CT molecular complexity index is 1440. The van der Waals surface area contributed by atoms with Gasteiger partial charge in [0, 0.05) is 33.3 Å². The second-order valence-corrected chi connectivity index (χ2v) is 13.2. The van der Waals surface area contributed by atoms with Crippen molar-refractivity contribution in [2.45, 2.75) is 21.5 Å². The highest BCUT2D eigenvalue weighted by atomic mass is 79.9. The Kier molecular flexibility index (Phi) is 7.54. The van der Waals surface area contributed by atoms with Gasteiger partial charge in [0.15, 0.2) is 17.7 Å². The van der Waals surface area contributed by atoms with Crippen molar-refractivity contribution in [1.29, 1.82) is 0 Å². The van der Waals surface area contributed by atoms with Crippen LogP contribution in [0.5, 0.6) is 0 Å². The molecule has 3 amide bonds. The van der Waals surface area contributed by atoms with E-state index in [1.807, 2.05) is 36.4 Å². The molecule has 2 fully saturated rings. The van der Waals surface area contributed by atoms with Crippen molar-refractivity contribution in [3.63, 3.8) is 0 Å². The lowest BCUT2D eigenvalue weighted by Gasteiger charge is -2.31. The molecule has 3 aromatic rings. The molecule has 198 valence electrons. The van der Waals surface area contributed by atoms with Crippen LogP contribution in [0.2, 0.25) is 0 Å². The summed E-state index contributed by atoms with van der Waals surface area (Å²) in [6.07, 6.45) is -2.21. The van der Waals surface area contributed by atoms with Gasteiger partial charge in [0.1, 0.15) is 5.38 Å². The van der Waals surface area contributed by atoms with E-state index < -0.39 is 43.8 Å². The Balaban J connectivity index is 1.67. The topological polar surface area (TPSA) is 52.4 Å². The van der Waals surface area contributed by atoms with Crippen LogP contribution in [0.3, 0.4) is 0 Å². The molecule has 1 N–H and O–H groups in total. The number of hydrogen-bond acceptors (Lipinski definition) is 4. The number of nitrogens with zero attached hydrogens (tertiary/aromatic N) is 3. The van der Waals surface area contributed by atoms with Gasteiger partial charge < -0.3 is 5.32 Å². The third-order valence-corrected chi connectivity index (χ3v) is 10.2. The average Bonchev–Trinajstić information content (AvgIpc) is 3.52. The molecular formula is C25H18Br2Cl4FN4O2+. The van der Waals surface area contributed by atoms with Crippen LogP contribution in [0, 0.1) is 5.82 Å². The lowest BCUT2D eigenvalue weighted by atomic mass is 10.0. The molecule has 38 heavy (non-hydrogen) atoms. The fourth-order valence-corrected chi connectivity index (χ4v) is 6.29. The first-order valence-corrected chi connectivity index (χ1v) is 14.3. The summed E-state index contributed by atoms with van der Waals surface area (Å²) in [5.41, 5.74) is 2.17. The molecule has 0 aromatic heterocycles. The number of halogens is 7. The number of anilines is 1.